The third-order valence-electron chi connectivity index (χ3n) is 4.65. The van der Waals surface area contributed by atoms with Crippen molar-refractivity contribution in [2.75, 3.05) is 26.0 Å². The number of benzene rings is 2. The van der Waals surface area contributed by atoms with Crippen LogP contribution in [-0.4, -0.2) is 42.7 Å². The average Bonchev–Trinajstić information content (AvgIpc) is 2.62. The molecule has 2 atom stereocenters. The summed E-state index contributed by atoms with van der Waals surface area (Å²) in [5, 5.41) is 11.5. The largest absolute Gasteiger partial charge is 0.478 e. The zero-order chi connectivity index (χ0) is 20.7. The van der Waals surface area contributed by atoms with E-state index in [4.69, 9.17) is 9.84 Å². The molecular weight excluding hydrogens is 356 g/mol. The lowest BCUT2D eigenvalue weighted by Gasteiger charge is -2.26. The van der Waals surface area contributed by atoms with Gasteiger partial charge >= 0.3 is 12.1 Å². The summed E-state index contributed by atoms with van der Waals surface area (Å²) < 4.78 is 5.42. The maximum atomic E-state index is 12.2. The molecule has 2 aromatic rings. The summed E-state index contributed by atoms with van der Waals surface area (Å²) in [6.45, 7) is 5.38. The van der Waals surface area contributed by atoms with E-state index in [0.717, 1.165) is 18.5 Å². The zero-order valence-electron chi connectivity index (χ0n) is 16.8. The molecule has 28 heavy (non-hydrogen) atoms. The van der Waals surface area contributed by atoms with Gasteiger partial charge in [-0.2, -0.15) is 0 Å². The van der Waals surface area contributed by atoms with Crippen molar-refractivity contribution < 1.29 is 19.4 Å². The van der Waals surface area contributed by atoms with Crippen LogP contribution in [-0.2, 0) is 0 Å². The van der Waals surface area contributed by atoms with Crippen molar-refractivity contribution in [3.8, 4) is 5.75 Å². The first-order valence-electron chi connectivity index (χ1n) is 9.37. The molecule has 0 saturated heterocycles. The van der Waals surface area contributed by atoms with Crippen molar-refractivity contribution in [1.82, 2.24) is 4.90 Å². The molecule has 0 fully saturated rings. The van der Waals surface area contributed by atoms with E-state index in [1.54, 1.807) is 6.07 Å². The summed E-state index contributed by atoms with van der Waals surface area (Å²) in [6.07, 6.45) is 0.384. The maximum absolute atomic E-state index is 12.2. The first-order chi connectivity index (χ1) is 13.3. The van der Waals surface area contributed by atoms with Gasteiger partial charge in [0.25, 0.3) is 0 Å². The Kier molecular flexibility index (Phi) is 7.58. The minimum atomic E-state index is -1.01. The lowest BCUT2D eigenvalue weighted by Crippen LogP contribution is -2.24. The molecule has 0 aliphatic carbocycles. The summed E-state index contributed by atoms with van der Waals surface area (Å²) in [5.41, 5.74) is 1.77. The van der Waals surface area contributed by atoms with Gasteiger partial charge in [0.15, 0.2) is 0 Å². The first-order valence-corrected chi connectivity index (χ1v) is 9.37. The lowest BCUT2D eigenvalue weighted by molar-refractivity contribution is 0.0697. The van der Waals surface area contributed by atoms with Crippen LogP contribution in [0.2, 0.25) is 0 Å². The summed E-state index contributed by atoms with van der Waals surface area (Å²) in [5.74, 6) is 0.307. The Balaban J connectivity index is 2.04. The Morgan fingerprint density at radius 1 is 1.14 bits per heavy atom. The Hall–Kier alpha value is -2.86. The third-order valence-corrected chi connectivity index (χ3v) is 4.65. The number of hydrogen-bond acceptors (Lipinski definition) is 4. The van der Waals surface area contributed by atoms with Crippen LogP contribution in [0.3, 0.4) is 0 Å². The van der Waals surface area contributed by atoms with Crippen molar-refractivity contribution in [2.45, 2.75) is 26.2 Å². The van der Waals surface area contributed by atoms with Gasteiger partial charge in [-0.1, -0.05) is 26.0 Å². The SMILES string of the molecule is CC[C@@H](c1cccc(OC(=O)Nc2ccc(C(=O)O)cc2)c1)[C@@H](C)CN(C)C. The molecule has 0 spiro atoms. The highest BCUT2D eigenvalue weighted by atomic mass is 16.6. The van der Waals surface area contributed by atoms with Crippen molar-refractivity contribution in [2.24, 2.45) is 5.92 Å². The number of amides is 1. The molecule has 6 heteroatoms. The van der Waals surface area contributed by atoms with Crippen LogP contribution in [0.5, 0.6) is 5.75 Å². The summed E-state index contributed by atoms with van der Waals surface area (Å²) in [4.78, 5) is 25.2. The van der Waals surface area contributed by atoms with Crippen molar-refractivity contribution in [1.29, 1.82) is 0 Å². The topological polar surface area (TPSA) is 78.9 Å². The van der Waals surface area contributed by atoms with E-state index >= 15 is 0 Å². The number of ether oxygens (including phenoxy) is 1. The normalized spacial score (nSPS) is 13.0. The van der Waals surface area contributed by atoms with Gasteiger partial charge in [0.05, 0.1) is 5.56 Å². The van der Waals surface area contributed by atoms with E-state index in [1.165, 1.54) is 24.3 Å². The second-order valence-corrected chi connectivity index (χ2v) is 7.22. The smallest absolute Gasteiger partial charge is 0.417 e. The predicted octanol–water partition coefficient (Wildman–Crippen LogP) is 4.69. The number of nitrogens with one attached hydrogen (secondary N) is 1. The quantitative estimate of drug-likeness (QED) is 0.690. The fraction of sp³-hybridized carbons (Fsp3) is 0.364. The van der Waals surface area contributed by atoms with E-state index in [0.29, 0.717) is 23.3 Å². The van der Waals surface area contributed by atoms with Gasteiger partial charge in [0, 0.05) is 12.2 Å². The first kappa shape index (κ1) is 21.4. The van der Waals surface area contributed by atoms with E-state index in [-0.39, 0.29) is 5.56 Å². The van der Waals surface area contributed by atoms with Crippen LogP contribution < -0.4 is 10.1 Å². The monoisotopic (exact) mass is 384 g/mol. The van der Waals surface area contributed by atoms with Crippen LogP contribution >= 0.6 is 0 Å². The number of hydrogen-bond donors (Lipinski definition) is 2. The van der Waals surface area contributed by atoms with E-state index in [9.17, 15) is 9.59 Å². The molecule has 0 aromatic heterocycles. The minimum Gasteiger partial charge on any atom is -0.478 e. The van der Waals surface area contributed by atoms with E-state index < -0.39 is 12.1 Å². The summed E-state index contributed by atoms with van der Waals surface area (Å²) in [6, 6.07) is 13.5. The molecule has 0 radical (unpaired) electrons. The fourth-order valence-electron chi connectivity index (χ4n) is 3.43. The molecule has 0 aliphatic heterocycles. The van der Waals surface area contributed by atoms with Gasteiger partial charge in [-0.05, 0) is 74.3 Å². The van der Waals surface area contributed by atoms with Crippen LogP contribution in [0.15, 0.2) is 48.5 Å². The fourth-order valence-corrected chi connectivity index (χ4v) is 3.43. The number of carboxylic acids is 1. The van der Waals surface area contributed by atoms with Gasteiger partial charge in [-0.25, -0.2) is 9.59 Å². The highest BCUT2D eigenvalue weighted by Crippen LogP contribution is 2.30. The number of nitrogens with zero attached hydrogens (tertiary/aromatic N) is 1. The Labute approximate surface area is 166 Å². The van der Waals surface area contributed by atoms with Gasteiger partial charge in [0.1, 0.15) is 5.75 Å². The molecule has 0 bridgehead atoms. The van der Waals surface area contributed by atoms with Crippen LogP contribution in [0, 0.1) is 5.92 Å². The molecular formula is C22H28N2O4. The molecule has 0 heterocycles. The standard InChI is InChI=1S/C22H28N2O4/c1-5-20(15(2)14-24(3)4)17-7-6-8-19(13-17)28-22(27)23-18-11-9-16(10-12-18)21(25)26/h6-13,15,20H,5,14H2,1-4H3,(H,23,27)(H,25,26)/t15-,20+/m0/s1. The van der Waals surface area contributed by atoms with Gasteiger partial charge in [0.2, 0.25) is 0 Å². The number of anilines is 1. The van der Waals surface area contributed by atoms with Gasteiger partial charge in [-0.3, -0.25) is 5.32 Å². The molecule has 0 aliphatic rings. The van der Waals surface area contributed by atoms with Crippen molar-refractivity contribution in [3.63, 3.8) is 0 Å². The second kappa shape index (κ2) is 9.90. The zero-order valence-corrected chi connectivity index (χ0v) is 16.8. The summed E-state index contributed by atoms with van der Waals surface area (Å²) >= 11 is 0. The van der Waals surface area contributed by atoms with E-state index in [2.05, 4.69) is 44.2 Å². The van der Waals surface area contributed by atoms with Crippen molar-refractivity contribution >= 4 is 17.7 Å². The second-order valence-electron chi connectivity index (χ2n) is 7.22. The molecule has 2 rings (SSSR count). The highest BCUT2D eigenvalue weighted by molar-refractivity contribution is 5.90. The molecule has 0 saturated carbocycles. The molecule has 150 valence electrons. The Morgan fingerprint density at radius 3 is 2.39 bits per heavy atom. The van der Waals surface area contributed by atoms with Crippen LogP contribution in [0.1, 0.15) is 42.1 Å². The average molecular weight is 384 g/mol. The molecule has 2 aromatic carbocycles. The van der Waals surface area contributed by atoms with Crippen molar-refractivity contribution in [3.05, 3.63) is 59.7 Å². The molecule has 1 amide bonds. The minimum absolute atomic E-state index is 0.157. The molecule has 2 N–H and O–H groups in total. The van der Waals surface area contributed by atoms with Crippen LogP contribution in [0.4, 0.5) is 10.5 Å². The number of aromatic carboxylic acids is 1. The Bertz CT molecular complexity index is 802. The lowest BCUT2D eigenvalue weighted by atomic mass is 9.85. The van der Waals surface area contributed by atoms with E-state index in [1.807, 2.05) is 12.1 Å². The maximum Gasteiger partial charge on any atom is 0.417 e. The number of rotatable bonds is 8. The van der Waals surface area contributed by atoms with Gasteiger partial charge in [-0.15, -0.1) is 0 Å². The third kappa shape index (κ3) is 6.09. The number of carbonyl (C=O) groups is 2. The predicted molar refractivity (Wildman–Crippen MR) is 110 cm³/mol. The Morgan fingerprint density at radius 2 is 1.82 bits per heavy atom. The summed E-state index contributed by atoms with van der Waals surface area (Å²) in [7, 11) is 4.13. The molecule has 6 nitrogen and oxygen atoms in total. The number of carbonyl (C=O) groups excluding carboxylic acids is 1. The van der Waals surface area contributed by atoms with Gasteiger partial charge < -0.3 is 14.7 Å². The highest BCUT2D eigenvalue weighted by Gasteiger charge is 2.19. The van der Waals surface area contributed by atoms with Crippen LogP contribution in [0.25, 0.3) is 0 Å². The number of carboxylic acid groups (broad SMARTS) is 1. The molecule has 0 unspecified atom stereocenters.